The lowest BCUT2D eigenvalue weighted by atomic mass is 9.97. The third-order valence-electron chi connectivity index (χ3n) is 7.76. The maximum Gasteiger partial charge on any atom is 0.256 e. The van der Waals surface area contributed by atoms with Gasteiger partial charge in [-0.1, -0.05) is 50.1 Å². The standard InChI is InChI=1S/C28H37N3O2/c1-2-29-15-17-30(18-16-29)26-10-6-5-9-24(26)21-27-28(32)31(19-20-33-27)25-13-11-23(12-14-25)22-7-3-4-8-22/h5-6,9-14,22,27H,2-4,7-8,15-21H2,1H3. The van der Waals surface area contributed by atoms with Gasteiger partial charge in [0.05, 0.1) is 6.61 Å². The number of rotatable bonds is 6. The van der Waals surface area contributed by atoms with E-state index in [4.69, 9.17) is 4.74 Å². The topological polar surface area (TPSA) is 36.0 Å². The van der Waals surface area contributed by atoms with Gasteiger partial charge in [-0.2, -0.15) is 0 Å². The number of anilines is 2. The number of ether oxygens (including phenoxy) is 1. The van der Waals surface area contributed by atoms with Crippen molar-refractivity contribution in [3.05, 3.63) is 59.7 Å². The fourth-order valence-corrected chi connectivity index (χ4v) is 5.73. The van der Waals surface area contributed by atoms with E-state index < -0.39 is 6.10 Å². The van der Waals surface area contributed by atoms with E-state index in [9.17, 15) is 4.79 Å². The Morgan fingerprint density at radius 3 is 2.36 bits per heavy atom. The van der Waals surface area contributed by atoms with Crippen LogP contribution in [0.5, 0.6) is 0 Å². The number of hydrogen-bond donors (Lipinski definition) is 0. The molecule has 0 N–H and O–H groups in total. The Kier molecular flexibility index (Phi) is 6.98. The van der Waals surface area contributed by atoms with E-state index in [0.29, 0.717) is 25.5 Å². The van der Waals surface area contributed by atoms with E-state index >= 15 is 0 Å². The zero-order valence-electron chi connectivity index (χ0n) is 19.9. The molecule has 0 radical (unpaired) electrons. The van der Waals surface area contributed by atoms with E-state index in [1.807, 2.05) is 4.90 Å². The summed E-state index contributed by atoms with van der Waals surface area (Å²) in [4.78, 5) is 20.3. The second kappa shape index (κ2) is 10.3. The van der Waals surface area contributed by atoms with E-state index in [1.165, 1.54) is 42.5 Å². The van der Waals surface area contributed by atoms with Gasteiger partial charge in [-0.25, -0.2) is 0 Å². The molecule has 2 heterocycles. The molecule has 0 spiro atoms. The average molecular weight is 448 g/mol. The van der Waals surface area contributed by atoms with Crippen LogP contribution in [0, 0.1) is 0 Å². The van der Waals surface area contributed by atoms with Gasteiger partial charge in [0, 0.05) is 50.5 Å². The first-order chi connectivity index (χ1) is 16.2. The quantitative estimate of drug-likeness (QED) is 0.655. The van der Waals surface area contributed by atoms with Gasteiger partial charge in [0.25, 0.3) is 5.91 Å². The number of hydrogen-bond acceptors (Lipinski definition) is 4. The summed E-state index contributed by atoms with van der Waals surface area (Å²) in [7, 11) is 0. The lowest BCUT2D eigenvalue weighted by Crippen LogP contribution is -2.49. The molecule has 1 unspecified atom stereocenters. The zero-order valence-corrected chi connectivity index (χ0v) is 19.9. The van der Waals surface area contributed by atoms with Crippen molar-refractivity contribution in [2.45, 2.75) is 51.0 Å². The Balaban J connectivity index is 1.28. The second-order valence-corrected chi connectivity index (χ2v) is 9.68. The summed E-state index contributed by atoms with van der Waals surface area (Å²) in [6, 6.07) is 17.3. The molecule has 2 aromatic carbocycles. The molecule has 3 aliphatic rings. The largest absolute Gasteiger partial charge is 0.369 e. The number of morpholine rings is 1. The zero-order chi connectivity index (χ0) is 22.6. The average Bonchev–Trinajstić information content (AvgIpc) is 3.41. The number of piperazine rings is 1. The monoisotopic (exact) mass is 447 g/mol. The van der Waals surface area contributed by atoms with Crippen LogP contribution in [0.4, 0.5) is 11.4 Å². The number of carbonyl (C=O) groups excluding carboxylic acids is 1. The van der Waals surface area contributed by atoms with Crippen molar-refractivity contribution in [1.82, 2.24) is 4.90 Å². The van der Waals surface area contributed by atoms with Gasteiger partial charge in [0.15, 0.2) is 0 Å². The number of benzene rings is 2. The number of likely N-dealkylation sites (N-methyl/N-ethyl adjacent to an activating group) is 1. The van der Waals surface area contributed by atoms with Crippen molar-refractivity contribution in [3.63, 3.8) is 0 Å². The molecule has 0 bridgehead atoms. The second-order valence-electron chi connectivity index (χ2n) is 9.68. The van der Waals surface area contributed by atoms with Gasteiger partial charge in [-0.15, -0.1) is 0 Å². The van der Waals surface area contributed by atoms with E-state index in [2.05, 4.69) is 65.3 Å². The molecule has 33 heavy (non-hydrogen) atoms. The Hall–Kier alpha value is -2.37. The lowest BCUT2D eigenvalue weighted by Gasteiger charge is -2.37. The van der Waals surface area contributed by atoms with Gasteiger partial charge in [-0.05, 0) is 54.6 Å². The Labute approximate surface area is 198 Å². The number of nitrogens with zero attached hydrogens (tertiary/aromatic N) is 3. The third-order valence-corrected chi connectivity index (χ3v) is 7.76. The summed E-state index contributed by atoms with van der Waals surface area (Å²) < 4.78 is 6.01. The van der Waals surface area contributed by atoms with Crippen molar-refractivity contribution in [1.29, 1.82) is 0 Å². The molecular weight excluding hydrogens is 410 g/mol. The van der Waals surface area contributed by atoms with Crippen LogP contribution in [0.2, 0.25) is 0 Å². The summed E-state index contributed by atoms with van der Waals surface area (Å²) in [6.45, 7) is 8.79. The van der Waals surface area contributed by atoms with Gasteiger partial charge < -0.3 is 19.4 Å². The third kappa shape index (κ3) is 4.95. The van der Waals surface area contributed by atoms with Crippen LogP contribution >= 0.6 is 0 Å². The van der Waals surface area contributed by atoms with Gasteiger partial charge >= 0.3 is 0 Å². The molecule has 1 atom stereocenters. The van der Waals surface area contributed by atoms with Crippen molar-refractivity contribution < 1.29 is 9.53 Å². The summed E-state index contributed by atoms with van der Waals surface area (Å²) in [5.41, 5.74) is 4.88. The van der Waals surface area contributed by atoms with Crippen molar-refractivity contribution in [3.8, 4) is 0 Å². The molecule has 1 amide bonds. The van der Waals surface area contributed by atoms with E-state index in [-0.39, 0.29) is 5.91 Å². The normalized spacial score (nSPS) is 22.8. The highest BCUT2D eigenvalue weighted by molar-refractivity contribution is 5.97. The van der Waals surface area contributed by atoms with Gasteiger partial charge in [-0.3, -0.25) is 4.79 Å². The number of para-hydroxylation sites is 1. The number of carbonyl (C=O) groups is 1. The van der Waals surface area contributed by atoms with Crippen LogP contribution in [0.3, 0.4) is 0 Å². The van der Waals surface area contributed by atoms with Crippen LogP contribution < -0.4 is 9.80 Å². The first kappa shape index (κ1) is 22.4. The van der Waals surface area contributed by atoms with Crippen LogP contribution in [0.1, 0.15) is 49.7 Å². The van der Waals surface area contributed by atoms with Crippen LogP contribution in [0.15, 0.2) is 48.5 Å². The molecule has 2 aromatic rings. The summed E-state index contributed by atoms with van der Waals surface area (Å²) >= 11 is 0. The summed E-state index contributed by atoms with van der Waals surface area (Å²) in [5.74, 6) is 0.781. The first-order valence-corrected chi connectivity index (χ1v) is 12.8. The molecule has 0 aromatic heterocycles. The van der Waals surface area contributed by atoms with Crippen molar-refractivity contribution in [2.75, 3.05) is 55.7 Å². The Morgan fingerprint density at radius 2 is 1.64 bits per heavy atom. The molecule has 5 heteroatoms. The molecule has 2 saturated heterocycles. The molecule has 1 aliphatic carbocycles. The maximum atomic E-state index is 13.4. The Bertz CT molecular complexity index is 930. The SMILES string of the molecule is CCN1CCN(c2ccccc2CC2OCCN(c3ccc(C4CCCC4)cc3)C2=O)CC1. The molecule has 5 rings (SSSR count). The van der Waals surface area contributed by atoms with Crippen LogP contribution in [0.25, 0.3) is 0 Å². The molecular formula is C28H37N3O2. The van der Waals surface area contributed by atoms with E-state index in [0.717, 1.165) is 38.4 Å². The minimum atomic E-state index is -0.425. The number of amides is 1. The van der Waals surface area contributed by atoms with E-state index in [1.54, 1.807) is 0 Å². The Morgan fingerprint density at radius 1 is 0.909 bits per heavy atom. The smallest absolute Gasteiger partial charge is 0.256 e. The predicted molar refractivity (Wildman–Crippen MR) is 134 cm³/mol. The highest BCUT2D eigenvalue weighted by atomic mass is 16.5. The highest BCUT2D eigenvalue weighted by Gasteiger charge is 2.32. The van der Waals surface area contributed by atoms with Crippen molar-refractivity contribution >= 4 is 17.3 Å². The minimum Gasteiger partial charge on any atom is -0.369 e. The van der Waals surface area contributed by atoms with Gasteiger partial charge in [0.1, 0.15) is 6.10 Å². The molecule has 5 nitrogen and oxygen atoms in total. The molecule has 176 valence electrons. The summed E-state index contributed by atoms with van der Waals surface area (Å²) in [6.07, 6.45) is 5.47. The first-order valence-electron chi connectivity index (χ1n) is 12.8. The van der Waals surface area contributed by atoms with Crippen LogP contribution in [-0.2, 0) is 16.0 Å². The predicted octanol–water partition coefficient (Wildman–Crippen LogP) is 4.46. The fourth-order valence-electron chi connectivity index (χ4n) is 5.73. The minimum absolute atomic E-state index is 0.0838. The van der Waals surface area contributed by atoms with Crippen molar-refractivity contribution in [2.24, 2.45) is 0 Å². The summed E-state index contributed by atoms with van der Waals surface area (Å²) in [5, 5.41) is 0. The van der Waals surface area contributed by atoms with Gasteiger partial charge in [0.2, 0.25) is 0 Å². The fraction of sp³-hybridized carbons (Fsp3) is 0.536. The molecule has 1 saturated carbocycles. The molecule has 3 fully saturated rings. The highest BCUT2D eigenvalue weighted by Crippen LogP contribution is 2.35. The molecule has 2 aliphatic heterocycles. The maximum absolute atomic E-state index is 13.4. The van der Waals surface area contributed by atoms with Crippen LogP contribution in [-0.4, -0.2) is 62.8 Å². The lowest BCUT2D eigenvalue weighted by molar-refractivity contribution is -0.133.